The van der Waals surface area contributed by atoms with E-state index in [0.29, 0.717) is 0 Å². The molecule has 0 amide bonds. The molecule has 0 saturated heterocycles. The Morgan fingerprint density at radius 1 is 1.38 bits per heavy atom. The van der Waals surface area contributed by atoms with Crippen LogP contribution in [0.2, 0.25) is 0 Å². The molecule has 2 heteroatoms. The minimum Gasteiger partial charge on any atom is -0.247 e. The smallest absolute Gasteiger partial charge is 0.115 e. The van der Waals surface area contributed by atoms with Gasteiger partial charge in [-0.05, 0) is 6.08 Å². The first-order chi connectivity index (χ1) is 3.71. The number of hydrogen-bond donors (Lipinski definition) is 1. The van der Waals surface area contributed by atoms with E-state index in [1.807, 2.05) is 0 Å². The van der Waals surface area contributed by atoms with Crippen molar-refractivity contribution in [2.75, 3.05) is 27.2 Å². The Morgan fingerprint density at radius 3 is 2.38 bits per heavy atom. The highest BCUT2D eigenvalue weighted by Gasteiger charge is 2.13. The van der Waals surface area contributed by atoms with Crippen LogP contribution in [0.25, 0.3) is 0 Å². The maximum Gasteiger partial charge on any atom is 0.115 e. The van der Waals surface area contributed by atoms with E-state index in [9.17, 15) is 0 Å². The predicted molar refractivity (Wildman–Crippen MR) is 34.1 cm³/mol. The Balaban J connectivity index is 2.50. The zero-order chi connectivity index (χ0) is 6.04. The zero-order valence-electron chi connectivity index (χ0n) is 5.52. The van der Waals surface area contributed by atoms with Crippen LogP contribution in [0.1, 0.15) is 0 Å². The molecule has 0 aromatic rings. The molecule has 2 nitrogen and oxygen atoms in total. The molecule has 1 aliphatic rings. The van der Waals surface area contributed by atoms with Crippen LogP contribution in [0.15, 0.2) is 12.2 Å². The molecule has 0 aromatic heterocycles. The van der Waals surface area contributed by atoms with Crippen LogP contribution in [0.5, 0.6) is 0 Å². The van der Waals surface area contributed by atoms with E-state index in [1.54, 1.807) is 0 Å². The van der Waals surface area contributed by atoms with Crippen molar-refractivity contribution in [1.29, 1.82) is 0 Å². The van der Waals surface area contributed by atoms with Gasteiger partial charge in [-0.2, -0.15) is 5.43 Å². The minimum absolute atomic E-state index is 0.913. The van der Waals surface area contributed by atoms with Crippen LogP contribution in [-0.4, -0.2) is 31.8 Å². The van der Waals surface area contributed by atoms with Crippen LogP contribution in [0.3, 0.4) is 0 Å². The monoisotopic (exact) mass is 113 g/mol. The maximum atomic E-state index is 3.31. The van der Waals surface area contributed by atoms with Gasteiger partial charge >= 0.3 is 0 Å². The summed E-state index contributed by atoms with van der Waals surface area (Å²) in [6, 6.07) is 0. The third kappa shape index (κ3) is 1.32. The zero-order valence-corrected chi connectivity index (χ0v) is 5.52. The van der Waals surface area contributed by atoms with Gasteiger partial charge in [0, 0.05) is 0 Å². The highest BCUT2D eigenvalue weighted by molar-refractivity contribution is 4.84. The molecule has 0 aliphatic carbocycles. The fraction of sp³-hybridized carbons (Fsp3) is 0.667. The summed E-state index contributed by atoms with van der Waals surface area (Å²) in [4.78, 5) is 0. The molecule has 0 atom stereocenters. The third-order valence-corrected chi connectivity index (χ3v) is 1.37. The van der Waals surface area contributed by atoms with Crippen molar-refractivity contribution in [3.8, 4) is 0 Å². The van der Waals surface area contributed by atoms with Crippen molar-refractivity contribution in [2.24, 2.45) is 0 Å². The number of nitrogens with zero attached hydrogens (tertiary/aromatic N) is 1. The predicted octanol–water partition coefficient (Wildman–Crippen LogP) is 0.137. The van der Waals surface area contributed by atoms with E-state index in [4.69, 9.17) is 0 Å². The first-order valence-corrected chi connectivity index (χ1v) is 2.94. The maximum absolute atomic E-state index is 3.31. The molecule has 8 heavy (non-hydrogen) atoms. The van der Waals surface area contributed by atoms with E-state index in [0.717, 1.165) is 17.7 Å². The number of hydrogen-bond acceptors (Lipinski definition) is 1. The summed E-state index contributed by atoms with van der Waals surface area (Å²) in [5, 5.41) is 0. The van der Waals surface area contributed by atoms with Crippen molar-refractivity contribution in [3.05, 3.63) is 12.2 Å². The van der Waals surface area contributed by atoms with Gasteiger partial charge in [0.1, 0.15) is 6.54 Å². The molecule has 0 saturated carbocycles. The van der Waals surface area contributed by atoms with Gasteiger partial charge < -0.3 is 0 Å². The van der Waals surface area contributed by atoms with Crippen LogP contribution in [0, 0.1) is 0 Å². The number of likely N-dealkylation sites (N-methyl/N-ethyl adjacent to an activating group) is 1. The fourth-order valence-electron chi connectivity index (χ4n) is 0.786. The summed E-state index contributed by atoms with van der Waals surface area (Å²) in [6.45, 7) is 2.10. The summed E-state index contributed by atoms with van der Waals surface area (Å²) in [7, 11) is 4.31. The second kappa shape index (κ2) is 1.88. The van der Waals surface area contributed by atoms with Crippen molar-refractivity contribution < 1.29 is 4.59 Å². The molecule has 0 spiro atoms. The van der Waals surface area contributed by atoms with E-state index in [2.05, 4.69) is 31.7 Å². The molecule has 0 fully saturated rings. The van der Waals surface area contributed by atoms with Gasteiger partial charge in [-0.25, -0.2) is 4.59 Å². The molecular weight excluding hydrogens is 100 g/mol. The molecule has 46 valence electrons. The van der Waals surface area contributed by atoms with Gasteiger partial charge in [-0.3, -0.25) is 0 Å². The van der Waals surface area contributed by atoms with E-state index >= 15 is 0 Å². The van der Waals surface area contributed by atoms with Crippen LogP contribution in [-0.2, 0) is 0 Å². The van der Waals surface area contributed by atoms with Gasteiger partial charge in [0.25, 0.3) is 0 Å². The topological polar surface area (TPSA) is 12.0 Å². The lowest BCUT2D eigenvalue weighted by atomic mass is 10.4. The van der Waals surface area contributed by atoms with Gasteiger partial charge in [0.05, 0.1) is 20.6 Å². The SMILES string of the molecule is C[N+]1(C)CC=CCN1. The minimum atomic E-state index is 0.913. The summed E-state index contributed by atoms with van der Waals surface area (Å²) in [5.74, 6) is 0. The van der Waals surface area contributed by atoms with Crippen molar-refractivity contribution in [1.82, 2.24) is 5.43 Å². The quantitative estimate of drug-likeness (QED) is 0.348. The molecule has 0 bridgehead atoms. The van der Waals surface area contributed by atoms with Gasteiger partial charge in [-0.1, -0.05) is 6.08 Å². The molecule has 0 aromatic carbocycles. The third-order valence-electron chi connectivity index (χ3n) is 1.37. The largest absolute Gasteiger partial charge is 0.247 e. The highest BCUT2D eigenvalue weighted by atomic mass is 15.6. The normalized spacial score (nSPS) is 25.8. The van der Waals surface area contributed by atoms with Crippen LogP contribution < -0.4 is 5.43 Å². The Morgan fingerprint density at radius 2 is 2.12 bits per heavy atom. The standard InChI is InChI=1S/C6H13N2/c1-8(2)6-4-3-5-7-8/h3-4,7H,5-6H2,1-2H3/q+1. The Bertz CT molecular complexity index is 105. The lowest BCUT2D eigenvalue weighted by Gasteiger charge is -2.29. The first-order valence-electron chi connectivity index (χ1n) is 2.94. The molecular formula is C6H13N2+. The number of nitrogens with one attached hydrogen (secondary N) is 1. The fourth-order valence-corrected chi connectivity index (χ4v) is 0.786. The molecule has 0 radical (unpaired) electrons. The molecule has 1 aliphatic heterocycles. The van der Waals surface area contributed by atoms with Gasteiger partial charge in [0.2, 0.25) is 0 Å². The van der Waals surface area contributed by atoms with Crippen molar-refractivity contribution >= 4 is 0 Å². The Hall–Kier alpha value is -0.340. The molecule has 1 rings (SSSR count). The summed E-state index contributed by atoms with van der Waals surface area (Å²) < 4.78 is 0.913. The average molecular weight is 113 g/mol. The highest BCUT2D eigenvalue weighted by Crippen LogP contribution is 1.94. The lowest BCUT2D eigenvalue weighted by Crippen LogP contribution is -2.53. The summed E-state index contributed by atoms with van der Waals surface area (Å²) in [5.41, 5.74) is 3.31. The first kappa shape index (κ1) is 5.79. The summed E-state index contributed by atoms with van der Waals surface area (Å²) >= 11 is 0. The van der Waals surface area contributed by atoms with E-state index in [1.165, 1.54) is 0 Å². The van der Waals surface area contributed by atoms with Crippen LogP contribution >= 0.6 is 0 Å². The van der Waals surface area contributed by atoms with Crippen molar-refractivity contribution in [2.45, 2.75) is 0 Å². The Labute approximate surface area is 50.4 Å². The lowest BCUT2D eigenvalue weighted by molar-refractivity contribution is -0.929. The molecule has 0 unspecified atom stereocenters. The Kier molecular flexibility index (Phi) is 1.36. The van der Waals surface area contributed by atoms with Gasteiger partial charge in [-0.15, -0.1) is 0 Å². The molecule has 1 heterocycles. The average Bonchev–Trinajstić information content (AvgIpc) is 1.65. The van der Waals surface area contributed by atoms with E-state index < -0.39 is 0 Å². The van der Waals surface area contributed by atoms with Gasteiger partial charge in [0.15, 0.2) is 0 Å². The number of quaternary nitrogens is 1. The summed E-state index contributed by atoms with van der Waals surface area (Å²) in [6.07, 6.45) is 4.36. The van der Waals surface area contributed by atoms with Crippen LogP contribution in [0.4, 0.5) is 0 Å². The second-order valence-corrected chi connectivity index (χ2v) is 2.70. The second-order valence-electron chi connectivity index (χ2n) is 2.70. The van der Waals surface area contributed by atoms with Crippen molar-refractivity contribution in [3.63, 3.8) is 0 Å². The molecule has 1 N–H and O–H groups in total. The van der Waals surface area contributed by atoms with E-state index in [-0.39, 0.29) is 0 Å². The number of rotatable bonds is 0.